The van der Waals surface area contributed by atoms with E-state index in [4.69, 9.17) is 14.9 Å². The highest BCUT2D eigenvalue weighted by Crippen LogP contribution is 2.27. The maximum Gasteiger partial charge on any atom is 0.291 e. The van der Waals surface area contributed by atoms with E-state index in [0.717, 1.165) is 4.90 Å². The molecule has 2 amide bonds. The molecular weight excluding hydrogens is 383 g/mol. The zero-order valence-electron chi connectivity index (χ0n) is 14.7. The first-order valence-corrected chi connectivity index (χ1v) is 9.28. The Labute approximate surface area is 164 Å². The summed E-state index contributed by atoms with van der Waals surface area (Å²) in [6.45, 7) is 0.101. The van der Waals surface area contributed by atoms with Crippen LogP contribution in [0.2, 0.25) is 0 Å². The van der Waals surface area contributed by atoms with Gasteiger partial charge in [0.05, 0.1) is 11.4 Å². The van der Waals surface area contributed by atoms with Crippen molar-refractivity contribution in [3.63, 3.8) is 0 Å². The standard InChI is InChI=1S/C20H17FN2O4S/c21-13-5-7-14(8-6-13)26-11-15-9-10-17(27-15)20(25)23-16-3-1-2-4-18(16)28-12-19(22)24/h1-10H,11-12H2,(H2,22,24)(H,23,25). The van der Waals surface area contributed by atoms with Crippen molar-refractivity contribution in [2.75, 3.05) is 11.1 Å². The molecule has 1 heterocycles. The van der Waals surface area contributed by atoms with E-state index in [-0.39, 0.29) is 23.9 Å². The minimum atomic E-state index is -0.442. The molecule has 2 aromatic carbocycles. The molecule has 3 N–H and O–H groups in total. The van der Waals surface area contributed by atoms with Crippen molar-refractivity contribution < 1.29 is 23.1 Å². The number of nitrogens with one attached hydrogen (secondary N) is 1. The van der Waals surface area contributed by atoms with Crippen LogP contribution in [0.15, 0.2) is 70.0 Å². The number of hydrogen-bond acceptors (Lipinski definition) is 5. The van der Waals surface area contributed by atoms with E-state index in [2.05, 4.69) is 5.32 Å². The van der Waals surface area contributed by atoms with Crippen molar-refractivity contribution in [1.82, 2.24) is 0 Å². The number of para-hydroxylation sites is 1. The zero-order valence-corrected chi connectivity index (χ0v) is 15.5. The summed E-state index contributed by atoms with van der Waals surface area (Å²) in [5.74, 6) is -0.0532. The number of anilines is 1. The zero-order chi connectivity index (χ0) is 19.9. The summed E-state index contributed by atoms with van der Waals surface area (Å²) in [5, 5.41) is 2.76. The summed E-state index contributed by atoms with van der Waals surface area (Å²) >= 11 is 1.24. The van der Waals surface area contributed by atoms with Gasteiger partial charge in [0.25, 0.3) is 5.91 Å². The topological polar surface area (TPSA) is 94.6 Å². The molecule has 0 radical (unpaired) electrons. The van der Waals surface area contributed by atoms with Gasteiger partial charge in [-0.1, -0.05) is 12.1 Å². The molecule has 0 unspecified atom stereocenters. The smallest absolute Gasteiger partial charge is 0.291 e. The minimum Gasteiger partial charge on any atom is -0.486 e. The van der Waals surface area contributed by atoms with Gasteiger partial charge in [-0.15, -0.1) is 11.8 Å². The van der Waals surface area contributed by atoms with Gasteiger partial charge in [-0.25, -0.2) is 4.39 Å². The van der Waals surface area contributed by atoms with Crippen LogP contribution in [0.25, 0.3) is 0 Å². The number of carbonyl (C=O) groups is 2. The lowest BCUT2D eigenvalue weighted by atomic mass is 10.3. The van der Waals surface area contributed by atoms with Gasteiger partial charge in [-0.2, -0.15) is 0 Å². The van der Waals surface area contributed by atoms with Crippen molar-refractivity contribution in [1.29, 1.82) is 0 Å². The van der Waals surface area contributed by atoms with Crippen LogP contribution in [0, 0.1) is 5.82 Å². The second kappa shape index (κ2) is 9.09. The van der Waals surface area contributed by atoms with Gasteiger partial charge in [0, 0.05) is 4.90 Å². The summed E-state index contributed by atoms with van der Waals surface area (Å²) in [5.41, 5.74) is 5.73. The van der Waals surface area contributed by atoms with Crippen LogP contribution in [0.1, 0.15) is 16.3 Å². The summed E-state index contributed by atoms with van der Waals surface area (Å²) in [6, 6.07) is 15.9. The molecule has 0 aliphatic heterocycles. The predicted octanol–water partition coefficient (Wildman–Crippen LogP) is 3.83. The molecule has 0 bridgehead atoms. The lowest BCUT2D eigenvalue weighted by Crippen LogP contribution is -2.14. The molecule has 0 saturated heterocycles. The highest BCUT2D eigenvalue weighted by Gasteiger charge is 2.14. The fourth-order valence-corrected chi connectivity index (χ4v) is 3.04. The summed E-state index contributed by atoms with van der Waals surface area (Å²) in [4.78, 5) is 24.1. The Balaban J connectivity index is 1.61. The molecule has 0 atom stereocenters. The van der Waals surface area contributed by atoms with Crippen molar-refractivity contribution in [2.24, 2.45) is 5.73 Å². The molecule has 144 valence electrons. The normalized spacial score (nSPS) is 10.5. The number of furan rings is 1. The number of nitrogens with two attached hydrogens (primary N) is 1. The third-order valence-electron chi connectivity index (χ3n) is 3.59. The van der Waals surface area contributed by atoms with Crippen molar-refractivity contribution in [3.8, 4) is 5.75 Å². The van der Waals surface area contributed by atoms with Crippen molar-refractivity contribution >= 4 is 29.3 Å². The second-order valence-electron chi connectivity index (χ2n) is 5.71. The molecule has 0 spiro atoms. The molecule has 0 aliphatic rings. The Kier molecular flexibility index (Phi) is 6.33. The Bertz CT molecular complexity index is 972. The Morgan fingerprint density at radius 3 is 2.57 bits per heavy atom. The quantitative estimate of drug-likeness (QED) is 0.561. The van der Waals surface area contributed by atoms with E-state index in [9.17, 15) is 14.0 Å². The fraction of sp³-hybridized carbons (Fsp3) is 0.100. The van der Waals surface area contributed by atoms with Crippen molar-refractivity contribution in [3.05, 3.63) is 78.0 Å². The SMILES string of the molecule is NC(=O)CSc1ccccc1NC(=O)c1ccc(COc2ccc(F)cc2)o1. The lowest BCUT2D eigenvalue weighted by Gasteiger charge is -2.09. The van der Waals surface area contributed by atoms with Gasteiger partial charge in [-0.05, 0) is 48.5 Å². The van der Waals surface area contributed by atoms with Gasteiger partial charge in [0.1, 0.15) is 23.9 Å². The first-order chi connectivity index (χ1) is 13.5. The molecule has 28 heavy (non-hydrogen) atoms. The number of amides is 2. The van der Waals surface area contributed by atoms with E-state index in [1.807, 2.05) is 0 Å². The number of primary amides is 1. The first-order valence-electron chi connectivity index (χ1n) is 8.30. The highest BCUT2D eigenvalue weighted by molar-refractivity contribution is 8.00. The van der Waals surface area contributed by atoms with E-state index < -0.39 is 11.8 Å². The molecule has 3 aromatic rings. The number of ether oxygens (including phenoxy) is 1. The maximum atomic E-state index is 12.9. The Morgan fingerprint density at radius 1 is 1.07 bits per heavy atom. The van der Waals surface area contributed by atoms with E-state index >= 15 is 0 Å². The van der Waals surface area contributed by atoms with E-state index in [1.54, 1.807) is 30.3 Å². The van der Waals surface area contributed by atoms with Crippen LogP contribution < -0.4 is 15.8 Å². The van der Waals surface area contributed by atoms with Gasteiger partial charge >= 0.3 is 0 Å². The van der Waals surface area contributed by atoms with Gasteiger partial charge < -0.3 is 20.2 Å². The van der Waals surface area contributed by atoms with Crippen LogP contribution in [0.5, 0.6) is 5.75 Å². The van der Waals surface area contributed by atoms with Crippen LogP contribution in [0.3, 0.4) is 0 Å². The number of hydrogen-bond donors (Lipinski definition) is 2. The molecule has 6 nitrogen and oxygen atoms in total. The summed E-state index contributed by atoms with van der Waals surface area (Å²) in [6.07, 6.45) is 0. The number of benzene rings is 2. The first kappa shape index (κ1) is 19.5. The van der Waals surface area contributed by atoms with Crippen LogP contribution >= 0.6 is 11.8 Å². The van der Waals surface area contributed by atoms with Crippen molar-refractivity contribution in [2.45, 2.75) is 11.5 Å². The number of carbonyl (C=O) groups excluding carboxylic acids is 2. The van der Waals surface area contributed by atoms with Gasteiger partial charge in [-0.3, -0.25) is 9.59 Å². The molecule has 0 aliphatic carbocycles. The van der Waals surface area contributed by atoms with E-state index in [0.29, 0.717) is 17.2 Å². The average Bonchev–Trinajstić information content (AvgIpc) is 3.16. The predicted molar refractivity (Wildman–Crippen MR) is 104 cm³/mol. The lowest BCUT2D eigenvalue weighted by molar-refractivity contribution is -0.115. The van der Waals surface area contributed by atoms with Gasteiger partial charge in [0.15, 0.2) is 5.76 Å². The molecular formula is C20H17FN2O4S. The summed E-state index contributed by atoms with van der Waals surface area (Å²) < 4.78 is 23.9. The van der Waals surface area contributed by atoms with Crippen LogP contribution in [-0.4, -0.2) is 17.6 Å². The van der Waals surface area contributed by atoms with Crippen LogP contribution in [-0.2, 0) is 11.4 Å². The third-order valence-corrected chi connectivity index (χ3v) is 4.68. The number of rotatable bonds is 8. The number of thioether (sulfide) groups is 1. The maximum absolute atomic E-state index is 12.9. The Hall–Kier alpha value is -3.26. The third kappa shape index (κ3) is 5.37. The molecule has 0 saturated carbocycles. The van der Waals surface area contributed by atoms with Crippen LogP contribution in [0.4, 0.5) is 10.1 Å². The molecule has 3 rings (SSSR count). The minimum absolute atomic E-state index is 0.101. The molecule has 0 fully saturated rings. The van der Waals surface area contributed by atoms with E-state index in [1.165, 1.54) is 42.1 Å². The largest absolute Gasteiger partial charge is 0.486 e. The average molecular weight is 400 g/mol. The highest BCUT2D eigenvalue weighted by atomic mass is 32.2. The van der Waals surface area contributed by atoms with Gasteiger partial charge in [0.2, 0.25) is 5.91 Å². The molecule has 1 aromatic heterocycles. The number of halogens is 1. The summed E-state index contributed by atoms with van der Waals surface area (Å²) in [7, 11) is 0. The fourth-order valence-electron chi connectivity index (χ4n) is 2.29. The Morgan fingerprint density at radius 2 is 1.82 bits per heavy atom. The monoisotopic (exact) mass is 400 g/mol. The second-order valence-corrected chi connectivity index (χ2v) is 6.73. The molecule has 8 heteroatoms.